The maximum absolute atomic E-state index is 12.7. The van der Waals surface area contributed by atoms with Crippen molar-refractivity contribution >= 4 is 23.5 Å². The number of aromatic nitrogens is 3. The van der Waals surface area contributed by atoms with Crippen molar-refractivity contribution in [2.24, 2.45) is 13.0 Å². The SMILES string of the molecule is C[C@H]1[C@@H](CSc2nncn2C)O[C@@H](c2ccc(-c3cccc(CNC(=O)Nc4ccc(Oc5ccccc5)cc4)c3)cc2)O[C@H]1c1ccc(CO)cc1. The third-order valence-electron chi connectivity index (χ3n) is 9.16. The van der Waals surface area contributed by atoms with Crippen molar-refractivity contribution in [3.8, 4) is 22.6 Å². The first-order chi connectivity index (χ1) is 25.9. The quantitative estimate of drug-likeness (QED) is 0.107. The summed E-state index contributed by atoms with van der Waals surface area (Å²) in [7, 11) is 1.93. The van der Waals surface area contributed by atoms with Gasteiger partial charge in [0.2, 0.25) is 0 Å². The summed E-state index contributed by atoms with van der Waals surface area (Å²) >= 11 is 1.61. The first-order valence-corrected chi connectivity index (χ1v) is 18.4. The largest absolute Gasteiger partial charge is 0.457 e. The highest BCUT2D eigenvalue weighted by atomic mass is 32.2. The van der Waals surface area contributed by atoms with Crippen LogP contribution in [0, 0.1) is 5.92 Å². The van der Waals surface area contributed by atoms with E-state index in [9.17, 15) is 9.90 Å². The molecule has 1 aromatic heterocycles. The molecule has 10 nitrogen and oxygen atoms in total. The number of ether oxygens (including phenoxy) is 3. The summed E-state index contributed by atoms with van der Waals surface area (Å²) in [6.07, 6.45) is 0.794. The Hall–Kier alpha value is -5.46. The number of urea groups is 1. The minimum atomic E-state index is -0.575. The molecule has 1 aliphatic heterocycles. The molecule has 0 radical (unpaired) electrons. The molecule has 6 aromatic rings. The van der Waals surface area contributed by atoms with Crippen LogP contribution in [-0.2, 0) is 29.7 Å². The first kappa shape index (κ1) is 35.9. The van der Waals surface area contributed by atoms with Crippen LogP contribution in [0.15, 0.2) is 139 Å². The van der Waals surface area contributed by atoms with Gasteiger partial charge in [0.15, 0.2) is 11.4 Å². The number of aryl methyl sites for hydroxylation is 1. The molecule has 7 rings (SSSR count). The molecule has 3 N–H and O–H groups in total. The molecule has 270 valence electrons. The zero-order valence-electron chi connectivity index (χ0n) is 29.5. The smallest absolute Gasteiger partial charge is 0.319 e. The molecule has 11 heteroatoms. The van der Waals surface area contributed by atoms with Crippen LogP contribution in [0.25, 0.3) is 11.1 Å². The van der Waals surface area contributed by atoms with E-state index in [2.05, 4.69) is 52.0 Å². The maximum Gasteiger partial charge on any atom is 0.319 e. The molecule has 1 aliphatic rings. The Morgan fingerprint density at radius 2 is 1.57 bits per heavy atom. The Bertz CT molecular complexity index is 2090. The summed E-state index contributed by atoms with van der Waals surface area (Å²) in [4.78, 5) is 12.7. The minimum absolute atomic E-state index is 0.00717. The number of hydrogen-bond acceptors (Lipinski definition) is 8. The number of thioether (sulfide) groups is 1. The lowest BCUT2D eigenvalue weighted by molar-refractivity contribution is -0.268. The van der Waals surface area contributed by atoms with Crippen molar-refractivity contribution in [1.29, 1.82) is 0 Å². The lowest BCUT2D eigenvalue weighted by Crippen LogP contribution is -2.38. The average Bonchev–Trinajstić information content (AvgIpc) is 3.62. The summed E-state index contributed by atoms with van der Waals surface area (Å²) in [5.74, 6) is 2.18. The molecule has 0 saturated carbocycles. The number of hydrogen-bond donors (Lipinski definition) is 3. The third kappa shape index (κ3) is 9.13. The molecular weight excluding hydrogens is 687 g/mol. The van der Waals surface area contributed by atoms with E-state index in [1.54, 1.807) is 30.2 Å². The number of carbonyl (C=O) groups excluding carboxylic acids is 1. The van der Waals surface area contributed by atoms with Gasteiger partial charge < -0.3 is 34.5 Å². The second-order valence-corrected chi connectivity index (χ2v) is 13.9. The number of rotatable bonds is 12. The highest BCUT2D eigenvalue weighted by molar-refractivity contribution is 7.99. The second-order valence-electron chi connectivity index (χ2n) is 12.9. The Kier molecular flexibility index (Phi) is 11.5. The van der Waals surface area contributed by atoms with Crippen molar-refractivity contribution in [2.45, 2.75) is 43.7 Å². The number of anilines is 1. The van der Waals surface area contributed by atoms with E-state index in [4.69, 9.17) is 14.2 Å². The molecule has 53 heavy (non-hydrogen) atoms. The van der Waals surface area contributed by atoms with Gasteiger partial charge in [-0.3, -0.25) is 0 Å². The first-order valence-electron chi connectivity index (χ1n) is 17.5. The maximum atomic E-state index is 12.7. The van der Waals surface area contributed by atoms with Crippen molar-refractivity contribution in [3.63, 3.8) is 0 Å². The van der Waals surface area contributed by atoms with Gasteiger partial charge in [-0.1, -0.05) is 104 Å². The van der Waals surface area contributed by atoms with Gasteiger partial charge >= 0.3 is 6.03 Å². The summed E-state index contributed by atoms with van der Waals surface area (Å²) in [6.45, 7) is 2.51. The Morgan fingerprint density at radius 1 is 0.830 bits per heavy atom. The molecule has 5 aromatic carbocycles. The van der Waals surface area contributed by atoms with Gasteiger partial charge in [0.05, 0.1) is 18.8 Å². The van der Waals surface area contributed by atoms with Gasteiger partial charge in [0.25, 0.3) is 0 Å². The standard InChI is InChI=1S/C42H41N5O5S/c1-28-38(26-53-42-46-44-27-47(42)2)51-40(52-39(28)32-13-11-29(25-48)12-14-32)33-17-15-31(16-18-33)34-8-6-7-30(23-34)24-43-41(49)45-35-19-21-37(22-20-35)50-36-9-4-3-5-10-36/h3-23,27-28,38-40,48H,24-26H2,1-2H3,(H2,43,45,49)/t28-,38+,39+,40+/m0/s1. The van der Waals surface area contributed by atoms with Crippen LogP contribution in [0.1, 0.15) is 41.6 Å². The summed E-state index contributed by atoms with van der Waals surface area (Å²) in [5, 5.41) is 24.5. The second kappa shape index (κ2) is 16.9. The number of benzene rings is 5. The molecular formula is C42H41N5O5S. The van der Waals surface area contributed by atoms with E-state index >= 15 is 0 Å². The highest BCUT2D eigenvalue weighted by Crippen LogP contribution is 2.43. The number of aliphatic hydroxyl groups is 1. The fraction of sp³-hybridized carbons (Fsp3) is 0.214. The van der Waals surface area contributed by atoms with Crippen LogP contribution >= 0.6 is 11.8 Å². The fourth-order valence-electron chi connectivity index (χ4n) is 6.15. The Morgan fingerprint density at radius 3 is 2.28 bits per heavy atom. The van der Waals surface area contributed by atoms with Crippen molar-refractivity contribution in [1.82, 2.24) is 20.1 Å². The topological polar surface area (TPSA) is 120 Å². The predicted octanol–water partition coefficient (Wildman–Crippen LogP) is 8.67. The van der Waals surface area contributed by atoms with Crippen LogP contribution in [0.3, 0.4) is 0 Å². The van der Waals surface area contributed by atoms with Crippen LogP contribution in [0.4, 0.5) is 10.5 Å². The van der Waals surface area contributed by atoms with Crippen LogP contribution in [-0.4, -0.2) is 37.8 Å². The minimum Gasteiger partial charge on any atom is -0.457 e. The van der Waals surface area contributed by atoms with E-state index in [1.165, 1.54) is 0 Å². The molecule has 0 bridgehead atoms. The van der Waals surface area contributed by atoms with E-state index < -0.39 is 6.29 Å². The van der Waals surface area contributed by atoms with Gasteiger partial charge in [-0.05, 0) is 70.3 Å². The zero-order chi connectivity index (χ0) is 36.6. The van der Waals surface area contributed by atoms with Crippen molar-refractivity contribution < 1.29 is 24.1 Å². The van der Waals surface area contributed by atoms with Crippen LogP contribution in [0.2, 0.25) is 0 Å². The summed E-state index contributed by atoms with van der Waals surface area (Å²) in [6, 6.07) is 40.8. The van der Waals surface area contributed by atoms with Gasteiger partial charge in [-0.2, -0.15) is 0 Å². The summed E-state index contributed by atoms with van der Waals surface area (Å²) in [5.41, 5.74) is 6.52. The number of nitrogens with one attached hydrogen (secondary N) is 2. The predicted molar refractivity (Wildman–Crippen MR) is 205 cm³/mol. The van der Waals surface area contributed by atoms with Gasteiger partial charge in [0.1, 0.15) is 17.8 Å². The molecule has 1 saturated heterocycles. The number of aliphatic hydroxyl groups excluding tert-OH is 1. The number of amides is 2. The molecule has 4 atom stereocenters. The normalized spacial score (nSPS) is 18.3. The molecule has 0 unspecified atom stereocenters. The number of carbonyl (C=O) groups is 1. The van der Waals surface area contributed by atoms with E-state index in [-0.39, 0.29) is 30.8 Å². The van der Waals surface area contributed by atoms with Crippen LogP contribution < -0.4 is 15.4 Å². The average molecular weight is 728 g/mol. The van der Waals surface area contributed by atoms with Crippen molar-refractivity contribution in [2.75, 3.05) is 11.1 Å². The molecule has 0 aliphatic carbocycles. The highest BCUT2D eigenvalue weighted by Gasteiger charge is 2.38. The zero-order valence-corrected chi connectivity index (χ0v) is 30.3. The van der Waals surface area contributed by atoms with Gasteiger partial charge in [-0.15, -0.1) is 10.2 Å². The number of para-hydroxylation sites is 1. The molecule has 0 spiro atoms. The van der Waals surface area contributed by atoms with E-state index in [0.29, 0.717) is 23.7 Å². The van der Waals surface area contributed by atoms with Crippen molar-refractivity contribution in [3.05, 3.63) is 156 Å². The molecule has 1 fully saturated rings. The summed E-state index contributed by atoms with van der Waals surface area (Å²) < 4.78 is 21.0. The lowest BCUT2D eigenvalue weighted by atomic mass is 9.91. The number of nitrogens with zero attached hydrogens (tertiary/aromatic N) is 3. The lowest BCUT2D eigenvalue weighted by Gasteiger charge is -2.41. The Labute approximate surface area is 313 Å². The van der Waals surface area contributed by atoms with Gasteiger partial charge in [-0.25, -0.2) is 4.79 Å². The third-order valence-corrected chi connectivity index (χ3v) is 10.3. The van der Waals surface area contributed by atoms with E-state index in [1.807, 2.05) is 103 Å². The van der Waals surface area contributed by atoms with E-state index in [0.717, 1.165) is 44.3 Å². The molecule has 2 amide bonds. The Balaban J connectivity index is 0.985. The molecule has 2 heterocycles. The fourth-order valence-corrected chi connectivity index (χ4v) is 7.20. The van der Waals surface area contributed by atoms with Gasteiger partial charge in [0, 0.05) is 36.5 Å². The van der Waals surface area contributed by atoms with Crippen LogP contribution in [0.5, 0.6) is 11.5 Å². The monoisotopic (exact) mass is 727 g/mol.